The zero-order chi connectivity index (χ0) is 14.5. The van der Waals surface area contributed by atoms with Crippen LogP contribution in [0, 0.1) is 6.92 Å². The molecular weight excluding hydrogens is 268 g/mol. The quantitative estimate of drug-likeness (QED) is 0.756. The molecule has 0 bridgehead atoms. The molecule has 0 aliphatic carbocycles. The maximum Gasteiger partial charge on any atom is 0.251 e. The summed E-state index contributed by atoms with van der Waals surface area (Å²) in [5.41, 5.74) is 1.55. The summed E-state index contributed by atoms with van der Waals surface area (Å²) in [6, 6.07) is 4.85. The van der Waals surface area contributed by atoms with Crippen LogP contribution in [-0.2, 0) is 14.8 Å². The molecule has 0 aromatic heterocycles. The molecule has 1 aromatic carbocycles. The molecule has 0 saturated carbocycles. The molecule has 0 atom stereocenters. The van der Waals surface area contributed by atoms with Crippen LogP contribution < -0.4 is 10.0 Å². The smallest absolute Gasteiger partial charge is 0.251 e. The number of methoxy groups -OCH3 is 1. The van der Waals surface area contributed by atoms with Gasteiger partial charge in [-0.3, -0.25) is 9.52 Å². The third-order valence-corrected chi connectivity index (χ3v) is 2.98. The summed E-state index contributed by atoms with van der Waals surface area (Å²) in [5, 5.41) is 2.67. The van der Waals surface area contributed by atoms with Crippen molar-refractivity contribution in [2.24, 2.45) is 0 Å². The first-order valence-corrected chi connectivity index (χ1v) is 7.58. The zero-order valence-corrected chi connectivity index (χ0v) is 12.0. The Morgan fingerprint density at radius 3 is 2.63 bits per heavy atom. The molecular formula is C12H18N2O4S. The highest BCUT2D eigenvalue weighted by molar-refractivity contribution is 7.92. The predicted octanol–water partition coefficient (Wildman–Crippen LogP) is 0.743. The van der Waals surface area contributed by atoms with Crippen LogP contribution in [0.2, 0.25) is 0 Å². The minimum Gasteiger partial charge on any atom is -0.383 e. The molecule has 2 N–H and O–H groups in total. The van der Waals surface area contributed by atoms with Gasteiger partial charge in [-0.2, -0.15) is 0 Å². The van der Waals surface area contributed by atoms with Gasteiger partial charge in [0, 0.05) is 19.2 Å². The molecule has 0 spiro atoms. The number of sulfonamides is 1. The van der Waals surface area contributed by atoms with Crippen molar-refractivity contribution in [3.05, 3.63) is 29.3 Å². The highest BCUT2D eigenvalue weighted by Crippen LogP contribution is 2.17. The molecule has 1 amide bonds. The van der Waals surface area contributed by atoms with Gasteiger partial charge in [-0.05, 0) is 24.6 Å². The molecule has 0 unspecified atom stereocenters. The molecule has 1 aromatic rings. The average Bonchev–Trinajstić information content (AvgIpc) is 2.30. The minimum absolute atomic E-state index is 0.270. The molecule has 0 aliphatic heterocycles. The summed E-state index contributed by atoms with van der Waals surface area (Å²) in [6.07, 6.45) is 1.07. The Bertz CT molecular complexity index is 555. The molecule has 106 valence electrons. The van der Waals surface area contributed by atoms with Gasteiger partial charge in [-0.15, -0.1) is 0 Å². The van der Waals surface area contributed by atoms with Crippen molar-refractivity contribution in [1.82, 2.24) is 5.32 Å². The van der Waals surface area contributed by atoms with Crippen LogP contribution in [0.15, 0.2) is 18.2 Å². The van der Waals surface area contributed by atoms with Gasteiger partial charge in [0.1, 0.15) is 0 Å². The highest BCUT2D eigenvalue weighted by atomic mass is 32.2. The molecule has 0 radical (unpaired) electrons. The molecule has 0 aliphatic rings. The van der Waals surface area contributed by atoms with Gasteiger partial charge >= 0.3 is 0 Å². The van der Waals surface area contributed by atoms with Crippen molar-refractivity contribution in [2.45, 2.75) is 6.92 Å². The lowest BCUT2D eigenvalue weighted by molar-refractivity contribution is 0.0937. The first kappa shape index (κ1) is 15.5. The monoisotopic (exact) mass is 286 g/mol. The van der Waals surface area contributed by atoms with Gasteiger partial charge < -0.3 is 10.1 Å². The first-order valence-electron chi connectivity index (χ1n) is 5.69. The Morgan fingerprint density at radius 2 is 2.05 bits per heavy atom. The van der Waals surface area contributed by atoms with E-state index in [9.17, 15) is 13.2 Å². The van der Waals surface area contributed by atoms with Gasteiger partial charge in [0.2, 0.25) is 10.0 Å². The number of ether oxygens (including phenoxy) is 1. The van der Waals surface area contributed by atoms with Crippen LogP contribution in [0.1, 0.15) is 15.9 Å². The third kappa shape index (κ3) is 5.27. The highest BCUT2D eigenvalue weighted by Gasteiger charge is 2.10. The van der Waals surface area contributed by atoms with E-state index in [0.717, 1.165) is 11.8 Å². The molecule has 19 heavy (non-hydrogen) atoms. The van der Waals surface area contributed by atoms with E-state index in [-0.39, 0.29) is 5.91 Å². The molecule has 0 saturated heterocycles. The zero-order valence-electron chi connectivity index (χ0n) is 11.2. The van der Waals surface area contributed by atoms with E-state index in [1.165, 1.54) is 6.07 Å². The Hall–Kier alpha value is -1.60. The predicted molar refractivity (Wildman–Crippen MR) is 73.9 cm³/mol. The van der Waals surface area contributed by atoms with Crippen LogP contribution >= 0.6 is 0 Å². The second kappa shape index (κ2) is 6.53. The molecule has 7 heteroatoms. The number of hydrogen-bond donors (Lipinski definition) is 2. The standard InChI is InChI=1S/C12H18N2O4S/c1-9-4-5-10(12(15)13-6-7-18-2)8-11(9)14-19(3,16)17/h4-5,8,14H,6-7H2,1-3H3,(H,13,15). The number of carbonyl (C=O) groups excluding carboxylic acids is 1. The number of anilines is 1. The lowest BCUT2D eigenvalue weighted by Crippen LogP contribution is -2.27. The Labute approximate surface area is 113 Å². The van der Waals surface area contributed by atoms with Gasteiger partial charge in [0.15, 0.2) is 0 Å². The van der Waals surface area contributed by atoms with E-state index in [0.29, 0.717) is 24.4 Å². The number of amides is 1. The van der Waals surface area contributed by atoms with Crippen molar-refractivity contribution >= 4 is 21.6 Å². The number of hydrogen-bond acceptors (Lipinski definition) is 4. The van der Waals surface area contributed by atoms with Crippen molar-refractivity contribution in [3.63, 3.8) is 0 Å². The number of benzene rings is 1. The van der Waals surface area contributed by atoms with Gasteiger partial charge in [-0.25, -0.2) is 8.42 Å². The van der Waals surface area contributed by atoms with E-state index >= 15 is 0 Å². The van der Waals surface area contributed by atoms with Gasteiger partial charge in [0.25, 0.3) is 5.91 Å². The number of carbonyl (C=O) groups is 1. The summed E-state index contributed by atoms with van der Waals surface area (Å²) >= 11 is 0. The lowest BCUT2D eigenvalue weighted by Gasteiger charge is -2.10. The topological polar surface area (TPSA) is 84.5 Å². The van der Waals surface area contributed by atoms with Gasteiger partial charge in [0.05, 0.1) is 18.6 Å². The second-order valence-electron chi connectivity index (χ2n) is 4.15. The summed E-state index contributed by atoms with van der Waals surface area (Å²) in [4.78, 5) is 11.8. The molecule has 0 heterocycles. The Morgan fingerprint density at radius 1 is 1.37 bits per heavy atom. The van der Waals surface area contributed by atoms with E-state index in [1.54, 1.807) is 26.2 Å². The van der Waals surface area contributed by atoms with Crippen LogP contribution in [-0.4, -0.2) is 40.8 Å². The van der Waals surface area contributed by atoms with Crippen molar-refractivity contribution < 1.29 is 17.9 Å². The Balaban J connectivity index is 2.86. The van der Waals surface area contributed by atoms with Crippen molar-refractivity contribution in [3.8, 4) is 0 Å². The fourth-order valence-corrected chi connectivity index (χ4v) is 2.06. The fourth-order valence-electron chi connectivity index (χ4n) is 1.44. The summed E-state index contributed by atoms with van der Waals surface area (Å²) in [6.45, 7) is 2.59. The van der Waals surface area contributed by atoms with Crippen LogP contribution in [0.3, 0.4) is 0 Å². The Kier molecular flexibility index (Phi) is 5.31. The summed E-state index contributed by atoms with van der Waals surface area (Å²) < 4.78 is 29.6. The molecule has 0 fully saturated rings. The third-order valence-electron chi connectivity index (χ3n) is 2.39. The lowest BCUT2D eigenvalue weighted by atomic mass is 10.1. The van der Waals surface area contributed by atoms with Crippen LogP contribution in [0.25, 0.3) is 0 Å². The van der Waals surface area contributed by atoms with Crippen LogP contribution in [0.5, 0.6) is 0 Å². The molecule has 6 nitrogen and oxygen atoms in total. The number of rotatable bonds is 6. The van der Waals surface area contributed by atoms with E-state index in [2.05, 4.69) is 10.0 Å². The van der Waals surface area contributed by atoms with E-state index < -0.39 is 10.0 Å². The van der Waals surface area contributed by atoms with E-state index in [1.807, 2.05) is 0 Å². The minimum atomic E-state index is -3.36. The summed E-state index contributed by atoms with van der Waals surface area (Å²) in [5.74, 6) is -0.270. The molecule has 1 rings (SSSR count). The number of nitrogens with one attached hydrogen (secondary N) is 2. The fraction of sp³-hybridized carbons (Fsp3) is 0.417. The number of aryl methyl sites for hydroxylation is 1. The SMILES string of the molecule is COCCNC(=O)c1ccc(C)c(NS(C)(=O)=O)c1. The maximum atomic E-state index is 11.8. The average molecular weight is 286 g/mol. The van der Waals surface area contributed by atoms with Gasteiger partial charge in [-0.1, -0.05) is 6.07 Å². The van der Waals surface area contributed by atoms with Crippen molar-refractivity contribution in [1.29, 1.82) is 0 Å². The largest absolute Gasteiger partial charge is 0.383 e. The normalized spacial score (nSPS) is 11.1. The van der Waals surface area contributed by atoms with E-state index in [4.69, 9.17) is 4.74 Å². The second-order valence-corrected chi connectivity index (χ2v) is 5.90. The maximum absolute atomic E-state index is 11.8. The van der Waals surface area contributed by atoms with Crippen LogP contribution in [0.4, 0.5) is 5.69 Å². The summed E-state index contributed by atoms with van der Waals surface area (Å²) in [7, 11) is -1.82. The van der Waals surface area contributed by atoms with Crippen molar-refractivity contribution in [2.75, 3.05) is 31.2 Å². The first-order chi connectivity index (χ1) is 8.83.